The Labute approximate surface area is 165 Å². The fourth-order valence-corrected chi connectivity index (χ4v) is 2.86. The second-order valence-corrected chi connectivity index (χ2v) is 6.53. The van der Waals surface area contributed by atoms with E-state index in [1.54, 1.807) is 45.5 Å². The van der Waals surface area contributed by atoms with Crippen LogP contribution in [0.1, 0.15) is 29.0 Å². The van der Waals surface area contributed by atoms with Gasteiger partial charge in [-0.05, 0) is 37.3 Å². The number of carbonyl (C=O) groups excluding carboxylic acids is 1. The van der Waals surface area contributed by atoms with E-state index in [1.165, 1.54) is 17.2 Å². The number of fused-ring (bicyclic) bond motifs is 1. The molecule has 154 valence electrons. The number of halogens is 3. The summed E-state index contributed by atoms with van der Waals surface area (Å²) in [6.45, 7) is 0.401. The van der Waals surface area contributed by atoms with Gasteiger partial charge in [-0.2, -0.15) is 13.2 Å². The number of aromatic amines is 1. The number of amides is 1. The van der Waals surface area contributed by atoms with Gasteiger partial charge in [0, 0.05) is 24.1 Å². The van der Waals surface area contributed by atoms with Gasteiger partial charge in [0.2, 0.25) is 0 Å². The molecule has 0 unspecified atom stereocenters. The van der Waals surface area contributed by atoms with Crippen LogP contribution in [0.5, 0.6) is 11.5 Å². The van der Waals surface area contributed by atoms with Gasteiger partial charge >= 0.3 is 6.18 Å². The SMILES string of the molecule is COc1ccc2[nH]cc(C(=O)N(C)[C@H](C)c3ccc(OCC(F)(F)F)cn3)c2c1. The molecule has 0 aliphatic heterocycles. The van der Waals surface area contributed by atoms with Crippen LogP contribution >= 0.6 is 0 Å². The number of ether oxygens (including phenoxy) is 2. The average molecular weight is 407 g/mol. The lowest BCUT2D eigenvalue weighted by atomic mass is 10.1. The third-order valence-corrected chi connectivity index (χ3v) is 4.61. The van der Waals surface area contributed by atoms with Crippen molar-refractivity contribution in [2.75, 3.05) is 20.8 Å². The molecule has 1 atom stereocenters. The fraction of sp³-hybridized carbons (Fsp3) is 0.300. The summed E-state index contributed by atoms with van der Waals surface area (Å²) in [6, 6.07) is 7.94. The van der Waals surface area contributed by atoms with Crippen LogP contribution in [0.3, 0.4) is 0 Å². The van der Waals surface area contributed by atoms with E-state index < -0.39 is 18.8 Å². The lowest BCUT2D eigenvalue weighted by Crippen LogP contribution is -2.30. The summed E-state index contributed by atoms with van der Waals surface area (Å²) in [5.41, 5.74) is 1.82. The first-order chi connectivity index (χ1) is 13.7. The molecule has 9 heteroatoms. The molecule has 3 aromatic rings. The fourth-order valence-electron chi connectivity index (χ4n) is 2.86. The maximum absolute atomic E-state index is 13.0. The van der Waals surface area contributed by atoms with Crippen molar-refractivity contribution in [2.45, 2.75) is 19.1 Å². The summed E-state index contributed by atoms with van der Waals surface area (Å²) < 4.78 is 46.6. The second kappa shape index (κ2) is 8.02. The number of nitrogens with zero attached hydrogens (tertiary/aromatic N) is 2. The highest BCUT2D eigenvalue weighted by Crippen LogP contribution is 2.27. The van der Waals surface area contributed by atoms with Crippen molar-refractivity contribution < 1.29 is 27.4 Å². The molecule has 0 radical (unpaired) electrons. The molecule has 1 N–H and O–H groups in total. The number of methoxy groups -OCH3 is 1. The van der Waals surface area contributed by atoms with Gasteiger partial charge in [-0.1, -0.05) is 0 Å². The van der Waals surface area contributed by atoms with Gasteiger partial charge in [0.25, 0.3) is 5.91 Å². The second-order valence-electron chi connectivity index (χ2n) is 6.53. The molecule has 29 heavy (non-hydrogen) atoms. The van der Waals surface area contributed by atoms with Gasteiger partial charge in [0.15, 0.2) is 6.61 Å². The van der Waals surface area contributed by atoms with Gasteiger partial charge < -0.3 is 19.4 Å². The van der Waals surface area contributed by atoms with Crippen LogP contribution in [0.2, 0.25) is 0 Å². The normalized spacial score (nSPS) is 12.6. The Kier molecular flexibility index (Phi) is 5.67. The number of nitrogens with one attached hydrogen (secondary N) is 1. The van der Waals surface area contributed by atoms with Crippen LogP contribution in [-0.4, -0.2) is 47.7 Å². The van der Waals surface area contributed by atoms with Crippen LogP contribution < -0.4 is 9.47 Å². The summed E-state index contributed by atoms with van der Waals surface area (Å²) >= 11 is 0. The van der Waals surface area contributed by atoms with E-state index >= 15 is 0 Å². The Balaban J connectivity index is 1.76. The first kappa shape index (κ1) is 20.5. The number of alkyl halides is 3. The van der Waals surface area contributed by atoms with Crippen LogP contribution in [-0.2, 0) is 0 Å². The number of pyridine rings is 1. The number of carbonyl (C=O) groups is 1. The van der Waals surface area contributed by atoms with Gasteiger partial charge in [-0.25, -0.2) is 0 Å². The minimum atomic E-state index is -4.42. The minimum Gasteiger partial charge on any atom is -0.497 e. The number of hydrogen-bond donors (Lipinski definition) is 1. The number of H-pyrrole nitrogens is 1. The Bertz CT molecular complexity index is 1000. The van der Waals surface area contributed by atoms with E-state index in [-0.39, 0.29) is 11.7 Å². The van der Waals surface area contributed by atoms with E-state index in [4.69, 9.17) is 4.74 Å². The Morgan fingerprint density at radius 2 is 1.97 bits per heavy atom. The van der Waals surface area contributed by atoms with E-state index in [2.05, 4.69) is 14.7 Å². The van der Waals surface area contributed by atoms with E-state index in [1.807, 2.05) is 6.07 Å². The van der Waals surface area contributed by atoms with Crippen molar-refractivity contribution in [3.8, 4) is 11.5 Å². The number of rotatable bonds is 6. The molecule has 0 spiro atoms. The van der Waals surface area contributed by atoms with Crippen molar-refractivity contribution >= 4 is 16.8 Å². The summed E-state index contributed by atoms with van der Waals surface area (Å²) in [7, 11) is 3.19. The first-order valence-corrected chi connectivity index (χ1v) is 8.77. The summed E-state index contributed by atoms with van der Waals surface area (Å²) in [6.07, 6.45) is -1.57. The molecule has 0 aliphatic carbocycles. The van der Waals surface area contributed by atoms with Crippen molar-refractivity contribution in [3.63, 3.8) is 0 Å². The lowest BCUT2D eigenvalue weighted by molar-refractivity contribution is -0.153. The molecule has 0 saturated heterocycles. The molecule has 2 heterocycles. The lowest BCUT2D eigenvalue weighted by Gasteiger charge is -2.24. The molecular weight excluding hydrogens is 387 g/mol. The minimum absolute atomic E-state index is 0.0102. The summed E-state index contributed by atoms with van der Waals surface area (Å²) in [5.74, 6) is 0.421. The molecule has 0 saturated carbocycles. The number of aromatic nitrogens is 2. The molecule has 0 fully saturated rings. The van der Waals surface area contributed by atoms with Crippen LogP contribution in [0, 0.1) is 0 Å². The Morgan fingerprint density at radius 1 is 1.24 bits per heavy atom. The number of hydrogen-bond acceptors (Lipinski definition) is 4. The molecule has 3 rings (SSSR count). The highest BCUT2D eigenvalue weighted by molar-refractivity contribution is 6.07. The van der Waals surface area contributed by atoms with E-state index in [0.29, 0.717) is 17.0 Å². The smallest absolute Gasteiger partial charge is 0.422 e. The summed E-state index contributed by atoms with van der Waals surface area (Å²) in [4.78, 5) is 21.7. The molecule has 2 aromatic heterocycles. The molecule has 6 nitrogen and oxygen atoms in total. The average Bonchev–Trinajstić information content (AvgIpc) is 3.13. The number of benzene rings is 1. The van der Waals surface area contributed by atoms with Gasteiger partial charge in [-0.15, -0.1) is 0 Å². The predicted molar refractivity (Wildman–Crippen MR) is 101 cm³/mol. The Hall–Kier alpha value is -3.23. The van der Waals surface area contributed by atoms with Gasteiger partial charge in [0.1, 0.15) is 11.5 Å². The largest absolute Gasteiger partial charge is 0.497 e. The quantitative estimate of drug-likeness (QED) is 0.660. The zero-order chi connectivity index (χ0) is 21.2. The standard InChI is InChI=1S/C20H20F3N3O3/c1-12(17-6-5-14(9-24-17)29-11-20(21,22)23)26(2)19(27)16-10-25-18-7-4-13(28-3)8-15(16)18/h4-10,12,25H,11H2,1-3H3/t12-/m1/s1. The molecular formula is C20H20F3N3O3. The zero-order valence-corrected chi connectivity index (χ0v) is 16.1. The van der Waals surface area contributed by atoms with Crippen molar-refractivity contribution in [2.24, 2.45) is 0 Å². The maximum atomic E-state index is 13.0. The van der Waals surface area contributed by atoms with Crippen molar-refractivity contribution in [1.29, 1.82) is 0 Å². The van der Waals surface area contributed by atoms with Crippen LogP contribution in [0.4, 0.5) is 13.2 Å². The molecule has 0 aliphatic rings. The highest BCUT2D eigenvalue weighted by atomic mass is 19.4. The zero-order valence-electron chi connectivity index (χ0n) is 16.1. The van der Waals surface area contributed by atoms with Gasteiger partial charge in [-0.3, -0.25) is 9.78 Å². The van der Waals surface area contributed by atoms with Gasteiger partial charge in [0.05, 0.1) is 30.6 Å². The topological polar surface area (TPSA) is 67.5 Å². The third-order valence-electron chi connectivity index (χ3n) is 4.61. The van der Waals surface area contributed by atoms with Crippen LogP contribution in [0.25, 0.3) is 10.9 Å². The van der Waals surface area contributed by atoms with Crippen molar-refractivity contribution in [3.05, 3.63) is 54.0 Å². The molecule has 0 bridgehead atoms. The third kappa shape index (κ3) is 4.61. The highest BCUT2D eigenvalue weighted by Gasteiger charge is 2.28. The van der Waals surface area contributed by atoms with E-state index in [9.17, 15) is 18.0 Å². The van der Waals surface area contributed by atoms with E-state index in [0.717, 1.165) is 10.9 Å². The maximum Gasteiger partial charge on any atom is 0.422 e. The first-order valence-electron chi connectivity index (χ1n) is 8.77. The predicted octanol–water partition coefficient (Wildman–Crippen LogP) is 4.35. The van der Waals surface area contributed by atoms with Crippen molar-refractivity contribution in [1.82, 2.24) is 14.9 Å². The molecule has 1 amide bonds. The monoisotopic (exact) mass is 407 g/mol. The molecule has 1 aromatic carbocycles. The Morgan fingerprint density at radius 3 is 2.59 bits per heavy atom. The van der Waals surface area contributed by atoms with Crippen LogP contribution in [0.15, 0.2) is 42.7 Å². The summed E-state index contributed by atoms with van der Waals surface area (Å²) in [5, 5.41) is 0.734.